The fourth-order valence-electron chi connectivity index (χ4n) is 2.53. The van der Waals surface area contributed by atoms with Crippen molar-refractivity contribution in [1.29, 1.82) is 0 Å². The highest BCUT2D eigenvalue weighted by Crippen LogP contribution is 2.23. The van der Waals surface area contributed by atoms with E-state index in [0.717, 1.165) is 32.4 Å². The van der Waals surface area contributed by atoms with Crippen LogP contribution in [0.4, 0.5) is 0 Å². The Morgan fingerprint density at radius 2 is 1.55 bits per heavy atom. The molecule has 0 aliphatic carbocycles. The molecule has 0 bridgehead atoms. The summed E-state index contributed by atoms with van der Waals surface area (Å²) in [6.45, 7) is 1.74. The van der Waals surface area contributed by atoms with Crippen LogP contribution in [0.5, 0.6) is 0 Å². The first-order chi connectivity index (χ1) is 10.8. The Kier molecular flexibility index (Phi) is 7.14. The van der Waals surface area contributed by atoms with Crippen molar-refractivity contribution in [2.45, 2.75) is 25.4 Å². The molecular weight excluding hydrogens is 270 g/mol. The van der Waals surface area contributed by atoms with Crippen molar-refractivity contribution in [3.63, 3.8) is 0 Å². The lowest BCUT2D eigenvalue weighted by molar-refractivity contribution is 0.0367. The molecule has 2 aromatic rings. The van der Waals surface area contributed by atoms with Gasteiger partial charge in [-0.05, 0) is 44.5 Å². The van der Waals surface area contributed by atoms with E-state index in [2.05, 4.69) is 79.7 Å². The minimum absolute atomic E-state index is 0.199. The molecule has 1 unspecified atom stereocenters. The molecule has 2 nitrogen and oxygen atoms in total. The first-order valence-corrected chi connectivity index (χ1v) is 8.11. The van der Waals surface area contributed by atoms with Crippen LogP contribution in [0.3, 0.4) is 0 Å². The molecule has 1 atom stereocenters. The molecule has 0 amide bonds. The van der Waals surface area contributed by atoms with Crippen LogP contribution < -0.4 is 0 Å². The first kappa shape index (κ1) is 16.7. The van der Waals surface area contributed by atoms with Gasteiger partial charge in [0, 0.05) is 6.54 Å². The highest BCUT2D eigenvalue weighted by atomic mass is 16.5. The normalized spacial score (nSPS) is 12.5. The number of hydrogen-bond donors (Lipinski definition) is 0. The summed E-state index contributed by atoms with van der Waals surface area (Å²) >= 11 is 0. The van der Waals surface area contributed by atoms with Gasteiger partial charge in [0.15, 0.2) is 0 Å². The molecule has 0 radical (unpaired) electrons. The van der Waals surface area contributed by atoms with Crippen LogP contribution in [0.25, 0.3) is 0 Å². The van der Waals surface area contributed by atoms with Crippen LogP contribution in [-0.4, -0.2) is 32.1 Å². The molecule has 0 aromatic heterocycles. The summed E-state index contributed by atoms with van der Waals surface area (Å²) in [4.78, 5) is 2.16. The maximum absolute atomic E-state index is 6.14. The van der Waals surface area contributed by atoms with Crippen LogP contribution in [0.2, 0.25) is 0 Å². The number of hydrogen-bond acceptors (Lipinski definition) is 2. The highest BCUT2D eigenvalue weighted by Gasteiger charge is 2.11. The Morgan fingerprint density at radius 3 is 2.18 bits per heavy atom. The van der Waals surface area contributed by atoms with E-state index in [1.54, 1.807) is 0 Å². The van der Waals surface area contributed by atoms with Gasteiger partial charge >= 0.3 is 0 Å². The van der Waals surface area contributed by atoms with Gasteiger partial charge in [-0.1, -0.05) is 60.7 Å². The van der Waals surface area contributed by atoms with Gasteiger partial charge < -0.3 is 9.64 Å². The summed E-state index contributed by atoms with van der Waals surface area (Å²) in [5.41, 5.74) is 2.69. The van der Waals surface area contributed by atoms with Crippen molar-refractivity contribution >= 4 is 0 Å². The first-order valence-electron chi connectivity index (χ1n) is 8.11. The zero-order chi connectivity index (χ0) is 15.6. The van der Waals surface area contributed by atoms with E-state index in [0.29, 0.717) is 0 Å². The van der Waals surface area contributed by atoms with E-state index >= 15 is 0 Å². The average molecular weight is 297 g/mol. The molecule has 2 heteroatoms. The standard InChI is InChI=1S/C20H27NO/c1-21(2)16-17-22-20(19-13-7-4-8-14-19)15-9-12-18-10-5-3-6-11-18/h3-8,10-11,13-14,20H,9,12,15-17H2,1-2H3. The number of nitrogens with zero attached hydrogens (tertiary/aromatic N) is 1. The summed E-state index contributed by atoms with van der Waals surface area (Å²) in [6.07, 6.45) is 3.52. The van der Waals surface area contributed by atoms with E-state index < -0.39 is 0 Å². The molecule has 2 aromatic carbocycles. The molecule has 0 spiro atoms. The van der Waals surface area contributed by atoms with Crippen molar-refractivity contribution in [2.24, 2.45) is 0 Å². The zero-order valence-electron chi connectivity index (χ0n) is 13.7. The van der Waals surface area contributed by atoms with Crippen LogP contribution in [-0.2, 0) is 11.2 Å². The van der Waals surface area contributed by atoms with E-state index in [1.165, 1.54) is 11.1 Å². The van der Waals surface area contributed by atoms with Crippen LogP contribution in [0.15, 0.2) is 60.7 Å². The van der Waals surface area contributed by atoms with Gasteiger partial charge in [-0.3, -0.25) is 0 Å². The lowest BCUT2D eigenvalue weighted by atomic mass is 10.0. The van der Waals surface area contributed by atoms with Gasteiger partial charge in [0.1, 0.15) is 0 Å². The largest absolute Gasteiger partial charge is 0.372 e. The third-order valence-corrected chi connectivity index (χ3v) is 3.80. The summed E-state index contributed by atoms with van der Waals surface area (Å²) < 4.78 is 6.14. The summed E-state index contributed by atoms with van der Waals surface area (Å²) in [6, 6.07) is 21.3. The van der Waals surface area contributed by atoms with E-state index in [4.69, 9.17) is 4.74 Å². The van der Waals surface area contributed by atoms with Crippen molar-refractivity contribution in [1.82, 2.24) is 4.90 Å². The second-order valence-corrected chi connectivity index (χ2v) is 5.95. The van der Waals surface area contributed by atoms with Crippen LogP contribution in [0, 0.1) is 0 Å². The van der Waals surface area contributed by atoms with Gasteiger partial charge in [0.05, 0.1) is 12.7 Å². The molecule has 0 aliphatic heterocycles. The molecule has 0 heterocycles. The monoisotopic (exact) mass is 297 g/mol. The molecule has 0 saturated heterocycles. The smallest absolute Gasteiger partial charge is 0.0825 e. The predicted octanol–water partition coefficient (Wildman–Crippen LogP) is 4.33. The number of rotatable bonds is 9. The van der Waals surface area contributed by atoms with Gasteiger partial charge in [-0.15, -0.1) is 0 Å². The third kappa shape index (κ3) is 6.00. The second-order valence-electron chi connectivity index (χ2n) is 5.95. The third-order valence-electron chi connectivity index (χ3n) is 3.80. The SMILES string of the molecule is CN(C)CCOC(CCCc1ccccc1)c1ccccc1. The summed E-state index contributed by atoms with van der Waals surface area (Å²) in [5.74, 6) is 0. The van der Waals surface area contributed by atoms with Crippen molar-refractivity contribution in [2.75, 3.05) is 27.2 Å². The minimum Gasteiger partial charge on any atom is -0.372 e. The Balaban J connectivity index is 1.87. The van der Waals surface area contributed by atoms with Crippen LogP contribution >= 0.6 is 0 Å². The fraction of sp³-hybridized carbons (Fsp3) is 0.400. The fourth-order valence-corrected chi connectivity index (χ4v) is 2.53. The lowest BCUT2D eigenvalue weighted by Crippen LogP contribution is -2.19. The molecular formula is C20H27NO. The number of ether oxygens (including phenoxy) is 1. The maximum atomic E-state index is 6.14. The van der Waals surface area contributed by atoms with Crippen molar-refractivity contribution in [3.8, 4) is 0 Å². The molecule has 0 fully saturated rings. The molecule has 0 saturated carbocycles. The van der Waals surface area contributed by atoms with Crippen molar-refractivity contribution < 1.29 is 4.74 Å². The van der Waals surface area contributed by atoms with Crippen molar-refractivity contribution in [3.05, 3.63) is 71.8 Å². The van der Waals surface area contributed by atoms with Gasteiger partial charge in [-0.25, -0.2) is 0 Å². The molecule has 118 valence electrons. The summed E-state index contributed by atoms with van der Waals surface area (Å²) in [7, 11) is 4.16. The topological polar surface area (TPSA) is 12.5 Å². The highest BCUT2D eigenvalue weighted by molar-refractivity contribution is 5.18. The minimum atomic E-state index is 0.199. The van der Waals surface area contributed by atoms with Gasteiger partial charge in [0.2, 0.25) is 0 Å². The number of aryl methyl sites for hydroxylation is 1. The Labute approximate surface area is 134 Å². The van der Waals surface area contributed by atoms with E-state index in [-0.39, 0.29) is 6.10 Å². The Bertz CT molecular complexity index is 510. The quantitative estimate of drug-likeness (QED) is 0.683. The van der Waals surface area contributed by atoms with E-state index in [1.807, 2.05) is 0 Å². The van der Waals surface area contributed by atoms with E-state index in [9.17, 15) is 0 Å². The number of benzene rings is 2. The predicted molar refractivity (Wildman–Crippen MR) is 93.1 cm³/mol. The molecule has 0 N–H and O–H groups in total. The van der Waals surface area contributed by atoms with Gasteiger partial charge in [-0.2, -0.15) is 0 Å². The Morgan fingerprint density at radius 1 is 0.909 bits per heavy atom. The van der Waals surface area contributed by atoms with Crippen LogP contribution in [0.1, 0.15) is 30.1 Å². The summed E-state index contributed by atoms with van der Waals surface area (Å²) in [5, 5.41) is 0. The average Bonchev–Trinajstić information content (AvgIpc) is 2.55. The zero-order valence-corrected chi connectivity index (χ0v) is 13.7. The Hall–Kier alpha value is -1.64. The van der Waals surface area contributed by atoms with Gasteiger partial charge in [0.25, 0.3) is 0 Å². The lowest BCUT2D eigenvalue weighted by Gasteiger charge is -2.20. The second kappa shape index (κ2) is 9.39. The molecule has 2 rings (SSSR count). The molecule has 0 aliphatic rings. The molecule has 22 heavy (non-hydrogen) atoms. The number of likely N-dealkylation sites (N-methyl/N-ethyl adjacent to an activating group) is 1. The maximum Gasteiger partial charge on any atom is 0.0825 e.